The van der Waals surface area contributed by atoms with Crippen molar-refractivity contribution >= 4 is 39.1 Å². The molecule has 6 heteroatoms. The molecular formula is C22H25N3OS2. The quantitative estimate of drug-likeness (QED) is 0.458. The maximum atomic E-state index is 7.14. The first-order valence-electron chi connectivity index (χ1n) is 9.68. The summed E-state index contributed by atoms with van der Waals surface area (Å²) in [6, 6.07) is 10.5. The molecule has 4 nitrogen and oxygen atoms in total. The third-order valence-corrected chi connectivity index (χ3v) is 7.17. The van der Waals surface area contributed by atoms with Crippen LogP contribution in [0.3, 0.4) is 0 Å². The monoisotopic (exact) mass is 411 g/mol. The number of aromatic nitrogens is 2. The summed E-state index contributed by atoms with van der Waals surface area (Å²) >= 11 is 3.25. The number of fused-ring (bicyclic) bond motifs is 1. The van der Waals surface area contributed by atoms with Crippen LogP contribution >= 0.6 is 23.1 Å². The maximum absolute atomic E-state index is 7.14. The van der Waals surface area contributed by atoms with Crippen LogP contribution in [0.1, 0.15) is 39.4 Å². The lowest BCUT2D eigenvalue weighted by molar-refractivity contribution is 0.0611. The highest BCUT2D eigenvalue weighted by Gasteiger charge is 2.25. The van der Waals surface area contributed by atoms with Gasteiger partial charge in [-0.15, -0.1) is 11.3 Å². The molecule has 1 aliphatic rings. The van der Waals surface area contributed by atoms with Gasteiger partial charge in [0.1, 0.15) is 5.82 Å². The third-order valence-electron chi connectivity index (χ3n) is 5.07. The van der Waals surface area contributed by atoms with Gasteiger partial charge in [0.25, 0.3) is 0 Å². The Morgan fingerprint density at radius 1 is 1.25 bits per heavy atom. The molecule has 28 heavy (non-hydrogen) atoms. The fourth-order valence-electron chi connectivity index (χ4n) is 3.66. The van der Waals surface area contributed by atoms with Gasteiger partial charge in [0.2, 0.25) is 5.00 Å². The lowest BCUT2D eigenvalue weighted by Gasteiger charge is -2.26. The van der Waals surface area contributed by atoms with Crippen LogP contribution in [0, 0.1) is 12.5 Å². The number of hydrogen-bond acceptors (Lipinski definition) is 4. The standard InChI is InChI=1S/C22H25N3OS2/c1-22(2,3)21-24-17-13-16(27-20-8-7-19(23-4)28-20)5-6-18(17)25(21)14-15-9-11-26-12-10-15/h5-8,13,15H,9-12,14H2,1-3H3. The molecule has 0 unspecified atom stereocenters. The fourth-order valence-corrected chi connectivity index (χ4v) is 5.57. The first-order valence-corrected chi connectivity index (χ1v) is 11.3. The molecule has 0 atom stereocenters. The van der Waals surface area contributed by atoms with Gasteiger partial charge >= 0.3 is 0 Å². The van der Waals surface area contributed by atoms with Crippen molar-refractivity contribution in [1.82, 2.24) is 9.55 Å². The largest absolute Gasteiger partial charge is 0.381 e. The van der Waals surface area contributed by atoms with Gasteiger partial charge in [-0.3, -0.25) is 0 Å². The molecule has 1 aromatic carbocycles. The van der Waals surface area contributed by atoms with Gasteiger partial charge in [-0.05, 0) is 49.1 Å². The zero-order valence-corrected chi connectivity index (χ0v) is 18.2. The zero-order chi connectivity index (χ0) is 19.7. The number of nitrogens with zero attached hydrogens (tertiary/aromatic N) is 3. The Labute approximate surface area is 174 Å². The molecule has 1 fully saturated rings. The van der Waals surface area contributed by atoms with Gasteiger partial charge in [0.15, 0.2) is 0 Å². The molecule has 0 spiro atoms. The summed E-state index contributed by atoms with van der Waals surface area (Å²) in [6.07, 6.45) is 2.25. The van der Waals surface area contributed by atoms with E-state index in [-0.39, 0.29) is 5.41 Å². The Morgan fingerprint density at radius 2 is 2.04 bits per heavy atom. The molecule has 0 aliphatic carbocycles. The lowest BCUT2D eigenvalue weighted by Crippen LogP contribution is -2.25. The van der Waals surface area contributed by atoms with Gasteiger partial charge in [-0.1, -0.05) is 32.5 Å². The zero-order valence-electron chi connectivity index (χ0n) is 16.6. The van der Waals surface area contributed by atoms with Crippen LogP contribution in [0.15, 0.2) is 39.4 Å². The van der Waals surface area contributed by atoms with Gasteiger partial charge in [-0.2, -0.15) is 0 Å². The van der Waals surface area contributed by atoms with E-state index in [2.05, 4.69) is 48.4 Å². The average Bonchev–Trinajstić information content (AvgIpc) is 3.27. The van der Waals surface area contributed by atoms with Crippen molar-refractivity contribution in [2.24, 2.45) is 5.92 Å². The molecule has 0 amide bonds. The topological polar surface area (TPSA) is 31.4 Å². The molecule has 2 aromatic heterocycles. The second-order valence-electron chi connectivity index (χ2n) is 8.31. The first kappa shape index (κ1) is 19.5. The fraction of sp³-hybridized carbons (Fsp3) is 0.455. The van der Waals surface area contributed by atoms with Crippen LogP contribution in [0.5, 0.6) is 0 Å². The van der Waals surface area contributed by atoms with E-state index in [4.69, 9.17) is 16.3 Å². The summed E-state index contributed by atoms with van der Waals surface area (Å²) in [6.45, 7) is 16.6. The van der Waals surface area contributed by atoms with Crippen molar-refractivity contribution in [2.45, 2.75) is 54.7 Å². The van der Waals surface area contributed by atoms with Crippen LogP contribution in [0.25, 0.3) is 15.9 Å². The Hall–Kier alpha value is -1.81. The highest BCUT2D eigenvalue weighted by molar-refractivity contribution is 8.01. The van der Waals surface area contributed by atoms with Gasteiger partial charge in [-0.25, -0.2) is 9.83 Å². The smallest absolute Gasteiger partial charge is 0.242 e. The molecule has 4 rings (SSSR count). The van der Waals surface area contributed by atoms with Crippen molar-refractivity contribution < 1.29 is 4.74 Å². The van der Waals surface area contributed by atoms with Gasteiger partial charge < -0.3 is 9.30 Å². The minimum Gasteiger partial charge on any atom is -0.381 e. The first-order chi connectivity index (χ1) is 13.4. The molecule has 0 N–H and O–H groups in total. The Kier molecular flexibility index (Phi) is 5.50. The molecule has 0 saturated carbocycles. The van der Waals surface area contributed by atoms with E-state index in [0.29, 0.717) is 5.92 Å². The molecule has 146 valence electrons. The summed E-state index contributed by atoms with van der Waals surface area (Å²) in [7, 11) is 0. The van der Waals surface area contributed by atoms with E-state index in [1.54, 1.807) is 23.1 Å². The Bertz CT molecular complexity index is 1020. The normalized spacial score (nSPS) is 15.8. The summed E-state index contributed by atoms with van der Waals surface area (Å²) in [5, 5.41) is 0.735. The summed E-state index contributed by atoms with van der Waals surface area (Å²) in [5.74, 6) is 1.81. The number of hydrogen-bond donors (Lipinski definition) is 0. The molecule has 0 bridgehead atoms. The van der Waals surface area contributed by atoms with E-state index in [1.807, 2.05) is 12.1 Å². The summed E-state index contributed by atoms with van der Waals surface area (Å²) in [5.41, 5.74) is 2.27. The van der Waals surface area contributed by atoms with Crippen molar-refractivity contribution in [3.05, 3.63) is 47.6 Å². The van der Waals surface area contributed by atoms with Crippen molar-refractivity contribution in [2.75, 3.05) is 13.2 Å². The Balaban J connectivity index is 1.67. The summed E-state index contributed by atoms with van der Waals surface area (Å²) < 4.78 is 9.12. The summed E-state index contributed by atoms with van der Waals surface area (Å²) in [4.78, 5) is 9.73. The van der Waals surface area contributed by atoms with E-state index in [0.717, 1.165) is 53.2 Å². The van der Waals surface area contributed by atoms with E-state index in [1.165, 1.54) is 10.4 Å². The van der Waals surface area contributed by atoms with Gasteiger partial charge in [0, 0.05) is 30.1 Å². The highest BCUT2D eigenvalue weighted by atomic mass is 32.2. The van der Waals surface area contributed by atoms with Crippen LogP contribution in [-0.4, -0.2) is 22.8 Å². The van der Waals surface area contributed by atoms with Crippen LogP contribution in [-0.2, 0) is 16.7 Å². The van der Waals surface area contributed by atoms with E-state index < -0.39 is 0 Å². The van der Waals surface area contributed by atoms with Crippen LogP contribution in [0.2, 0.25) is 0 Å². The van der Waals surface area contributed by atoms with E-state index >= 15 is 0 Å². The number of benzene rings is 1. The number of thiophene rings is 1. The average molecular weight is 412 g/mol. The van der Waals surface area contributed by atoms with Crippen LogP contribution in [0.4, 0.5) is 5.00 Å². The number of ether oxygens (including phenoxy) is 1. The second-order valence-corrected chi connectivity index (χ2v) is 10.7. The Morgan fingerprint density at radius 3 is 2.71 bits per heavy atom. The third kappa shape index (κ3) is 4.12. The van der Waals surface area contributed by atoms with Gasteiger partial charge in [0.05, 0.1) is 21.8 Å². The second kappa shape index (κ2) is 7.90. The van der Waals surface area contributed by atoms with Crippen molar-refractivity contribution in [1.29, 1.82) is 0 Å². The SMILES string of the molecule is [C-]#[N+]c1ccc(Sc2ccc3c(c2)nc(C(C)(C)C)n3CC2CCOCC2)s1. The number of rotatable bonds is 4. The predicted octanol–water partition coefficient (Wildman–Crippen LogP) is 6.52. The van der Waals surface area contributed by atoms with E-state index in [9.17, 15) is 0 Å². The highest BCUT2D eigenvalue weighted by Crippen LogP contribution is 2.38. The lowest BCUT2D eigenvalue weighted by atomic mass is 9.94. The molecular weight excluding hydrogens is 386 g/mol. The molecule has 1 aliphatic heterocycles. The molecule has 0 radical (unpaired) electrons. The van der Waals surface area contributed by atoms with Crippen molar-refractivity contribution in [3.63, 3.8) is 0 Å². The minimum absolute atomic E-state index is 0.00419. The minimum atomic E-state index is -0.00419. The predicted molar refractivity (Wildman–Crippen MR) is 117 cm³/mol. The molecule has 1 saturated heterocycles. The van der Waals surface area contributed by atoms with Crippen LogP contribution < -0.4 is 0 Å². The number of imidazole rings is 1. The molecule has 3 aromatic rings. The molecule has 3 heterocycles. The maximum Gasteiger partial charge on any atom is 0.242 e. The van der Waals surface area contributed by atoms with Crippen molar-refractivity contribution in [3.8, 4) is 0 Å².